The highest BCUT2D eigenvalue weighted by Crippen LogP contribution is 2.19. The van der Waals surface area contributed by atoms with Crippen LogP contribution in [0.3, 0.4) is 0 Å². The predicted molar refractivity (Wildman–Crippen MR) is 78.6 cm³/mol. The smallest absolute Gasteiger partial charge is 0.229 e. The molecule has 106 valence electrons. The largest absolute Gasteiger partial charge is 0.492 e. The van der Waals surface area contributed by atoms with Gasteiger partial charge in [-0.1, -0.05) is 20.8 Å². The van der Waals surface area contributed by atoms with Crippen molar-refractivity contribution in [2.45, 2.75) is 20.8 Å². The second kappa shape index (κ2) is 6.57. The number of benzene rings is 1. The molecule has 0 atom stereocenters. The molecule has 1 aromatic carbocycles. The zero-order valence-electron chi connectivity index (χ0n) is 12.5. The Hall–Kier alpha value is -1.55. The van der Waals surface area contributed by atoms with Gasteiger partial charge in [-0.05, 0) is 38.4 Å². The van der Waals surface area contributed by atoms with Crippen LogP contribution in [0.15, 0.2) is 24.3 Å². The summed E-state index contributed by atoms with van der Waals surface area (Å²) >= 11 is 0. The second-order valence-corrected chi connectivity index (χ2v) is 5.88. The Kier molecular flexibility index (Phi) is 5.36. The number of nitrogens with one attached hydrogen (secondary N) is 1. The molecular formula is C15H24N2O2. The molecule has 4 nitrogen and oxygen atoms in total. The predicted octanol–water partition coefficient (Wildman–Crippen LogP) is 2.61. The van der Waals surface area contributed by atoms with E-state index in [0.29, 0.717) is 6.61 Å². The minimum absolute atomic E-state index is 0.00813. The van der Waals surface area contributed by atoms with Crippen molar-refractivity contribution < 1.29 is 9.53 Å². The molecule has 0 spiro atoms. The first-order chi connectivity index (χ1) is 8.79. The third-order valence-corrected chi connectivity index (χ3v) is 2.60. The van der Waals surface area contributed by atoms with Crippen molar-refractivity contribution in [2.75, 3.05) is 32.6 Å². The standard InChI is InChI=1S/C15H24N2O2/c1-15(2,3)14(18)16-12-6-8-13(9-7-12)19-11-10-17(4)5/h6-9H,10-11H2,1-5H3,(H,16,18). The molecule has 1 aromatic rings. The molecule has 0 saturated heterocycles. The van der Waals surface area contributed by atoms with Crippen molar-refractivity contribution in [3.05, 3.63) is 24.3 Å². The van der Waals surface area contributed by atoms with Gasteiger partial charge >= 0.3 is 0 Å². The highest BCUT2D eigenvalue weighted by molar-refractivity contribution is 5.94. The Bertz CT molecular complexity index is 405. The molecule has 0 aliphatic heterocycles. The van der Waals surface area contributed by atoms with E-state index in [1.165, 1.54) is 0 Å². The lowest BCUT2D eigenvalue weighted by Crippen LogP contribution is -2.27. The summed E-state index contributed by atoms with van der Waals surface area (Å²) in [5.74, 6) is 0.824. The molecule has 0 radical (unpaired) electrons. The van der Waals surface area contributed by atoms with Gasteiger partial charge in [-0.2, -0.15) is 0 Å². The fraction of sp³-hybridized carbons (Fsp3) is 0.533. The molecule has 19 heavy (non-hydrogen) atoms. The molecule has 1 amide bonds. The number of likely N-dealkylation sites (N-methyl/N-ethyl adjacent to an activating group) is 1. The van der Waals surface area contributed by atoms with Gasteiger partial charge in [0, 0.05) is 17.6 Å². The van der Waals surface area contributed by atoms with E-state index in [9.17, 15) is 4.79 Å². The number of amides is 1. The molecule has 1 rings (SSSR count). The minimum atomic E-state index is -0.388. The first-order valence-corrected chi connectivity index (χ1v) is 6.48. The summed E-state index contributed by atoms with van der Waals surface area (Å²) < 4.78 is 5.59. The summed E-state index contributed by atoms with van der Waals surface area (Å²) in [5.41, 5.74) is 0.404. The molecular weight excluding hydrogens is 240 g/mol. The maximum Gasteiger partial charge on any atom is 0.229 e. The van der Waals surface area contributed by atoms with Gasteiger partial charge in [-0.3, -0.25) is 4.79 Å². The summed E-state index contributed by atoms with van der Waals surface area (Å²) in [7, 11) is 4.02. The monoisotopic (exact) mass is 264 g/mol. The first kappa shape index (κ1) is 15.5. The quantitative estimate of drug-likeness (QED) is 0.889. The molecule has 0 fully saturated rings. The summed E-state index contributed by atoms with van der Waals surface area (Å²) in [6.07, 6.45) is 0. The topological polar surface area (TPSA) is 41.6 Å². The maximum absolute atomic E-state index is 11.8. The Morgan fingerprint density at radius 2 is 1.79 bits per heavy atom. The summed E-state index contributed by atoms with van der Waals surface area (Å²) in [6, 6.07) is 7.45. The molecule has 0 bridgehead atoms. The van der Waals surface area contributed by atoms with Gasteiger partial charge in [-0.15, -0.1) is 0 Å². The molecule has 1 N–H and O–H groups in total. The lowest BCUT2D eigenvalue weighted by molar-refractivity contribution is -0.123. The van der Waals surface area contributed by atoms with Crippen LogP contribution >= 0.6 is 0 Å². The highest BCUT2D eigenvalue weighted by Gasteiger charge is 2.20. The van der Waals surface area contributed by atoms with Gasteiger partial charge in [0.15, 0.2) is 0 Å². The molecule has 4 heteroatoms. The van der Waals surface area contributed by atoms with Gasteiger partial charge in [0.05, 0.1) is 0 Å². The molecule has 0 heterocycles. The molecule has 0 unspecified atom stereocenters. The van der Waals surface area contributed by atoms with Crippen molar-refractivity contribution in [1.82, 2.24) is 4.90 Å². The minimum Gasteiger partial charge on any atom is -0.492 e. The first-order valence-electron chi connectivity index (χ1n) is 6.48. The Morgan fingerprint density at radius 1 is 1.21 bits per heavy atom. The molecule has 0 aliphatic carbocycles. The number of rotatable bonds is 5. The average molecular weight is 264 g/mol. The summed E-state index contributed by atoms with van der Waals surface area (Å²) in [4.78, 5) is 13.9. The SMILES string of the molecule is CN(C)CCOc1ccc(NC(=O)C(C)(C)C)cc1. The van der Waals surface area contributed by atoms with Crippen LogP contribution in [0.5, 0.6) is 5.75 Å². The lowest BCUT2D eigenvalue weighted by atomic mass is 9.95. The van der Waals surface area contributed by atoms with E-state index in [1.807, 2.05) is 59.1 Å². The fourth-order valence-corrected chi connectivity index (χ4v) is 1.30. The van der Waals surface area contributed by atoms with Crippen molar-refractivity contribution in [1.29, 1.82) is 0 Å². The van der Waals surface area contributed by atoms with Crippen LogP contribution < -0.4 is 10.1 Å². The lowest BCUT2D eigenvalue weighted by Gasteiger charge is -2.17. The van der Waals surface area contributed by atoms with Gasteiger partial charge in [0.25, 0.3) is 0 Å². The Labute approximate surface area is 115 Å². The van der Waals surface area contributed by atoms with Gasteiger partial charge in [-0.25, -0.2) is 0 Å². The number of anilines is 1. The number of nitrogens with zero attached hydrogens (tertiary/aromatic N) is 1. The van der Waals surface area contributed by atoms with E-state index in [0.717, 1.165) is 18.0 Å². The van der Waals surface area contributed by atoms with Gasteiger partial charge < -0.3 is 15.0 Å². The number of hydrogen-bond acceptors (Lipinski definition) is 3. The van der Waals surface area contributed by atoms with Crippen LogP contribution in [0, 0.1) is 5.41 Å². The van der Waals surface area contributed by atoms with E-state index in [-0.39, 0.29) is 11.3 Å². The number of ether oxygens (including phenoxy) is 1. The summed E-state index contributed by atoms with van der Waals surface area (Å²) in [5, 5.41) is 2.88. The molecule has 0 aromatic heterocycles. The zero-order chi connectivity index (χ0) is 14.5. The van der Waals surface area contributed by atoms with Crippen LogP contribution in [-0.2, 0) is 4.79 Å². The van der Waals surface area contributed by atoms with E-state index < -0.39 is 0 Å². The van der Waals surface area contributed by atoms with Crippen LogP contribution in [0.1, 0.15) is 20.8 Å². The molecule has 0 saturated carbocycles. The third kappa shape index (κ3) is 5.75. The molecule has 0 aliphatic rings. The van der Waals surface area contributed by atoms with Crippen molar-refractivity contribution >= 4 is 11.6 Å². The number of carbonyl (C=O) groups is 1. The van der Waals surface area contributed by atoms with Gasteiger partial charge in [0.1, 0.15) is 12.4 Å². The van der Waals surface area contributed by atoms with Crippen molar-refractivity contribution in [3.63, 3.8) is 0 Å². The number of hydrogen-bond donors (Lipinski definition) is 1. The summed E-state index contributed by atoms with van der Waals surface area (Å²) in [6.45, 7) is 7.20. The number of carbonyl (C=O) groups excluding carboxylic acids is 1. The Balaban J connectivity index is 2.50. The van der Waals surface area contributed by atoms with Crippen LogP contribution in [0.2, 0.25) is 0 Å². The van der Waals surface area contributed by atoms with Crippen LogP contribution in [0.4, 0.5) is 5.69 Å². The second-order valence-electron chi connectivity index (χ2n) is 5.88. The van der Waals surface area contributed by atoms with E-state index in [1.54, 1.807) is 0 Å². The fourth-order valence-electron chi connectivity index (χ4n) is 1.30. The average Bonchev–Trinajstić information content (AvgIpc) is 2.29. The normalized spacial score (nSPS) is 11.5. The van der Waals surface area contributed by atoms with E-state index in [4.69, 9.17) is 4.74 Å². The van der Waals surface area contributed by atoms with Crippen molar-refractivity contribution in [2.24, 2.45) is 5.41 Å². The maximum atomic E-state index is 11.8. The van der Waals surface area contributed by atoms with Crippen molar-refractivity contribution in [3.8, 4) is 5.75 Å². The highest BCUT2D eigenvalue weighted by atomic mass is 16.5. The van der Waals surface area contributed by atoms with Crippen LogP contribution in [0.25, 0.3) is 0 Å². The Morgan fingerprint density at radius 3 is 2.26 bits per heavy atom. The van der Waals surface area contributed by atoms with Crippen LogP contribution in [-0.4, -0.2) is 38.1 Å². The van der Waals surface area contributed by atoms with E-state index in [2.05, 4.69) is 10.2 Å². The van der Waals surface area contributed by atoms with Gasteiger partial charge in [0.2, 0.25) is 5.91 Å². The third-order valence-electron chi connectivity index (χ3n) is 2.60. The van der Waals surface area contributed by atoms with E-state index >= 15 is 0 Å². The zero-order valence-corrected chi connectivity index (χ0v) is 12.5.